The van der Waals surface area contributed by atoms with Crippen LogP contribution in [0.3, 0.4) is 0 Å². The van der Waals surface area contributed by atoms with Crippen molar-refractivity contribution < 1.29 is 9.13 Å². The largest absolute Gasteiger partial charge is 0.376 e. The predicted molar refractivity (Wildman–Crippen MR) is 88.3 cm³/mol. The molecule has 4 heteroatoms. The molecule has 2 rings (SSSR count). The maximum atomic E-state index is 14.2. The van der Waals surface area contributed by atoms with Crippen LogP contribution in [-0.2, 0) is 17.9 Å². The predicted octanol–water partition coefficient (Wildman–Crippen LogP) is 4.71. The van der Waals surface area contributed by atoms with Gasteiger partial charge in [0.05, 0.1) is 6.61 Å². The molecule has 0 atom stereocenters. The van der Waals surface area contributed by atoms with Crippen molar-refractivity contribution in [3.05, 3.63) is 34.5 Å². The second kappa shape index (κ2) is 7.34. The summed E-state index contributed by atoms with van der Waals surface area (Å²) in [6, 6.07) is 5.69. The Balaban J connectivity index is 2.29. The summed E-state index contributed by atoms with van der Waals surface area (Å²) in [7, 11) is 0. The number of hydrogen-bond acceptors (Lipinski definition) is 3. The Hall–Kier alpha value is -0.970. The third kappa shape index (κ3) is 4.25. The molecule has 0 radical (unpaired) electrons. The van der Waals surface area contributed by atoms with E-state index in [1.54, 1.807) is 17.4 Å². The van der Waals surface area contributed by atoms with Crippen LogP contribution in [0.25, 0.3) is 10.1 Å². The number of thiophene rings is 1. The van der Waals surface area contributed by atoms with Gasteiger partial charge in [-0.25, -0.2) is 4.39 Å². The Morgan fingerprint density at radius 2 is 2.00 bits per heavy atom. The highest BCUT2D eigenvalue weighted by Crippen LogP contribution is 2.34. The fourth-order valence-corrected chi connectivity index (χ4v) is 3.38. The average molecular weight is 309 g/mol. The van der Waals surface area contributed by atoms with Crippen molar-refractivity contribution in [1.29, 1.82) is 0 Å². The van der Waals surface area contributed by atoms with Gasteiger partial charge in [-0.2, -0.15) is 0 Å². The number of nitrogens with one attached hydrogen (secondary N) is 1. The topological polar surface area (TPSA) is 21.3 Å². The van der Waals surface area contributed by atoms with Crippen LogP contribution in [0.1, 0.15) is 38.1 Å². The van der Waals surface area contributed by atoms with Crippen molar-refractivity contribution in [3.8, 4) is 0 Å². The summed E-state index contributed by atoms with van der Waals surface area (Å²) in [5.41, 5.74) is 1.00. The third-order valence-corrected chi connectivity index (χ3v) is 4.41. The van der Waals surface area contributed by atoms with E-state index in [1.165, 1.54) is 10.9 Å². The Kier molecular flexibility index (Phi) is 5.73. The van der Waals surface area contributed by atoms with Gasteiger partial charge in [-0.3, -0.25) is 0 Å². The van der Waals surface area contributed by atoms with E-state index in [2.05, 4.69) is 33.0 Å². The molecule has 2 aromatic rings. The molecule has 0 unspecified atom stereocenters. The summed E-state index contributed by atoms with van der Waals surface area (Å²) in [6.45, 7) is 10.4. The Morgan fingerprint density at radius 3 is 2.67 bits per heavy atom. The van der Waals surface area contributed by atoms with Crippen LogP contribution in [0.15, 0.2) is 18.2 Å². The number of rotatable bonds is 7. The maximum absolute atomic E-state index is 14.2. The van der Waals surface area contributed by atoms with Gasteiger partial charge in [-0.1, -0.05) is 33.8 Å². The van der Waals surface area contributed by atoms with Gasteiger partial charge in [0.15, 0.2) is 0 Å². The molecule has 0 saturated carbocycles. The number of halogens is 1. The molecular weight excluding hydrogens is 285 g/mol. The van der Waals surface area contributed by atoms with Crippen LogP contribution in [0.2, 0.25) is 0 Å². The monoisotopic (exact) mass is 309 g/mol. The summed E-state index contributed by atoms with van der Waals surface area (Å²) in [5, 5.41) is 4.14. The van der Waals surface area contributed by atoms with Crippen molar-refractivity contribution in [2.24, 2.45) is 5.92 Å². The first-order valence-electron chi connectivity index (χ1n) is 7.49. The van der Waals surface area contributed by atoms with Crippen LogP contribution >= 0.6 is 11.3 Å². The van der Waals surface area contributed by atoms with E-state index in [1.807, 2.05) is 6.07 Å². The molecule has 0 spiro atoms. The Labute approximate surface area is 130 Å². The lowest BCUT2D eigenvalue weighted by atomic mass is 10.1. The van der Waals surface area contributed by atoms with Crippen molar-refractivity contribution in [2.45, 2.75) is 46.9 Å². The molecule has 1 aromatic carbocycles. The normalized spacial score (nSPS) is 12.0. The Morgan fingerprint density at radius 1 is 1.24 bits per heavy atom. The van der Waals surface area contributed by atoms with Crippen molar-refractivity contribution in [1.82, 2.24) is 5.32 Å². The first kappa shape index (κ1) is 16.4. The molecule has 1 heterocycles. The fraction of sp³-hybridized carbons (Fsp3) is 0.529. The van der Waals surface area contributed by atoms with Gasteiger partial charge in [-0.15, -0.1) is 11.3 Å². The van der Waals surface area contributed by atoms with E-state index in [4.69, 9.17) is 4.74 Å². The minimum atomic E-state index is -0.150. The fourth-order valence-electron chi connectivity index (χ4n) is 2.20. The maximum Gasteiger partial charge on any atom is 0.132 e. The SMILES string of the molecule is CC(C)COCc1c(CNC(C)C)sc2cccc(F)c12. The summed E-state index contributed by atoms with van der Waals surface area (Å²) in [6.07, 6.45) is 0. The molecule has 0 amide bonds. The van der Waals surface area contributed by atoms with Crippen molar-refractivity contribution in [3.63, 3.8) is 0 Å². The van der Waals surface area contributed by atoms with Crippen LogP contribution in [0.4, 0.5) is 4.39 Å². The van der Waals surface area contributed by atoms with Gasteiger partial charge in [0.2, 0.25) is 0 Å². The van der Waals surface area contributed by atoms with E-state index in [-0.39, 0.29) is 5.82 Å². The van der Waals surface area contributed by atoms with Crippen LogP contribution in [0.5, 0.6) is 0 Å². The van der Waals surface area contributed by atoms with E-state index in [0.717, 1.165) is 22.2 Å². The summed E-state index contributed by atoms with van der Waals surface area (Å²) in [4.78, 5) is 1.17. The number of fused-ring (bicyclic) bond motifs is 1. The molecule has 0 aliphatic heterocycles. The highest BCUT2D eigenvalue weighted by atomic mass is 32.1. The highest BCUT2D eigenvalue weighted by Gasteiger charge is 2.16. The van der Waals surface area contributed by atoms with Gasteiger partial charge in [-0.05, 0) is 18.1 Å². The van der Waals surface area contributed by atoms with E-state index < -0.39 is 0 Å². The van der Waals surface area contributed by atoms with Crippen molar-refractivity contribution in [2.75, 3.05) is 6.61 Å². The molecular formula is C17H24FNOS. The zero-order valence-corrected chi connectivity index (χ0v) is 14.0. The summed E-state index contributed by atoms with van der Waals surface area (Å²) < 4.78 is 20.9. The number of ether oxygens (including phenoxy) is 1. The molecule has 0 aliphatic carbocycles. The van der Waals surface area contributed by atoms with E-state index in [0.29, 0.717) is 25.2 Å². The van der Waals surface area contributed by atoms with Gasteiger partial charge < -0.3 is 10.1 Å². The number of hydrogen-bond donors (Lipinski definition) is 1. The third-order valence-electron chi connectivity index (χ3n) is 3.22. The molecule has 0 bridgehead atoms. The standard InChI is InChI=1S/C17H24FNOS/c1-11(2)9-20-10-13-16(8-19-12(3)4)21-15-7-5-6-14(18)17(13)15/h5-7,11-12,19H,8-10H2,1-4H3. The lowest BCUT2D eigenvalue weighted by molar-refractivity contribution is 0.0974. The quantitative estimate of drug-likeness (QED) is 0.799. The lowest BCUT2D eigenvalue weighted by Gasteiger charge is -2.11. The summed E-state index contributed by atoms with van der Waals surface area (Å²) in [5.74, 6) is 0.333. The highest BCUT2D eigenvalue weighted by molar-refractivity contribution is 7.19. The Bertz CT molecular complexity index is 592. The molecule has 0 aliphatic rings. The van der Waals surface area contributed by atoms with E-state index in [9.17, 15) is 4.39 Å². The molecule has 1 N–H and O–H groups in total. The zero-order valence-electron chi connectivity index (χ0n) is 13.2. The first-order valence-corrected chi connectivity index (χ1v) is 8.30. The molecule has 21 heavy (non-hydrogen) atoms. The second-order valence-corrected chi connectivity index (χ2v) is 7.20. The van der Waals surface area contributed by atoms with E-state index >= 15 is 0 Å². The van der Waals surface area contributed by atoms with Gasteiger partial charge in [0, 0.05) is 39.7 Å². The minimum absolute atomic E-state index is 0.150. The molecule has 1 aromatic heterocycles. The smallest absolute Gasteiger partial charge is 0.132 e. The van der Waals surface area contributed by atoms with Crippen molar-refractivity contribution >= 4 is 21.4 Å². The number of benzene rings is 1. The average Bonchev–Trinajstić information content (AvgIpc) is 2.75. The molecule has 0 fully saturated rings. The minimum Gasteiger partial charge on any atom is -0.376 e. The van der Waals surface area contributed by atoms with Gasteiger partial charge in [0.25, 0.3) is 0 Å². The zero-order chi connectivity index (χ0) is 15.4. The van der Waals surface area contributed by atoms with Crippen LogP contribution < -0.4 is 5.32 Å². The van der Waals surface area contributed by atoms with Crippen LogP contribution in [0, 0.1) is 11.7 Å². The molecule has 2 nitrogen and oxygen atoms in total. The van der Waals surface area contributed by atoms with Crippen LogP contribution in [-0.4, -0.2) is 12.6 Å². The molecule has 116 valence electrons. The van der Waals surface area contributed by atoms with Gasteiger partial charge in [0.1, 0.15) is 5.82 Å². The second-order valence-electron chi connectivity index (χ2n) is 6.06. The molecule has 0 saturated heterocycles. The van der Waals surface area contributed by atoms with Gasteiger partial charge >= 0.3 is 0 Å². The first-order chi connectivity index (χ1) is 9.99. The lowest BCUT2D eigenvalue weighted by Crippen LogP contribution is -2.21. The summed E-state index contributed by atoms with van der Waals surface area (Å²) >= 11 is 1.66.